The first-order chi connectivity index (χ1) is 4.97. The van der Waals surface area contributed by atoms with Crippen LogP contribution in [0.25, 0.3) is 0 Å². The molecule has 1 aromatic rings. The zero-order chi connectivity index (χ0) is 6.81. The fraction of sp³-hybridized carbons (Fsp3) is 0.111. The molecule has 1 aromatic carbocycles. The van der Waals surface area contributed by atoms with Gasteiger partial charge in [-0.25, -0.2) is 0 Å². The molecular formula is C9H9N. The van der Waals surface area contributed by atoms with Crippen molar-refractivity contribution in [1.29, 1.82) is 0 Å². The van der Waals surface area contributed by atoms with Gasteiger partial charge in [-0.05, 0) is 24.3 Å². The van der Waals surface area contributed by atoms with Crippen molar-refractivity contribution < 1.29 is 0 Å². The Bertz CT molecular complexity index is 236. The van der Waals surface area contributed by atoms with Gasteiger partial charge in [-0.1, -0.05) is 24.3 Å². The Morgan fingerprint density at radius 1 is 1.20 bits per heavy atom. The van der Waals surface area contributed by atoms with Gasteiger partial charge in [-0.15, -0.1) is 0 Å². The molecule has 0 fully saturated rings. The number of anilines is 1. The number of fused-ring (bicyclic) bond motifs is 1. The first kappa shape index (κ1) is 5.54. The summed E-state index contributed by atoms with van der Waals surface area (Å²) in [5, 5.41) is 3.18. The third-order valence-electron chi connectivity index (χ3n) is 1.71. The lowest BCUT2D eigenvalue weighted by Crippen LogP contribution is -1.98. The number of para-hydroxylation sites is 1. The second-order valence-electron chi connectivity index (χ2n) is 2.41. The summed E-state index contributed by atoms with van der Waals surface area (Å²) >= 11 is 0. The van der Waals surface area contributed by atoms with Gasteiger partial charge >= 0.3 is 0 Å². The monoisotopic (exact) mass is 131 g/mol. The number of hydrogen-bond donors (Lipinski definition) is 1. The minimum absolute atomic E-state index is 1.06. The summed E-state index contributed by atoms with van der Waals surface area (Å²) in [7, 11) is 0. The maximum atomic E-state index is 3.18. The third-order valence-corrected chi connectivity index (χ3v) is 1.71. The molecule has 0 amide bonds. The Labute approximate surface area is 60.4 Å². The summed E-state index contributed by atoms with van der Waals surface area (Å²) in [5.74, 6) is 0. The molecule has 0 atom stereocenters. The van der Waals surface area contributed by atoms with E-state index in [4.69, 9.17) is 0 Å². The number of allylic oxidation sites excluding steroid dienone is 1. The van der Waals surface area contributed by atoms with Crippen molar-refractivity contribution in [1.82, 2.24) is 0 Å². The van der Waals surface area contributed by atoms with Crippen LogP contribution in [0.4, 0.5) is 5.69 Å². The second-order valence-corrected chi connectivity index (χ2v) is 2.41. The number of nitrogens with one attached hydrogen (secondary N) is 1. The molecule has 0 aromatic heterocycles. The number of benzene rings is 1. The van der Waals surface area contributed by atoms with Crippen LogP contribution in [0.3, 0.4) is 0 Å². The molecule has 0 saturated heterocycles. The highest BCUT2D eigenvalue weighted by Crippen LogP contribution is 2.18. The van der Waals surface area contributed by atoms with Gasteiger partial charge in [0, 0.05) is 5.69 Å². The van der Waals surface area contributed by atoms with Crippen LogP contribution in [0, 0.1) is 0 Å². The molecule has 1 heteroatoms. The van der Waals surface area contributed by atoms with E-state index in [9.17, 15) is 0 Å². The lowest BCUT2D eigenvalue weighted by atomic mass is 10.1. The molecule has 1 heterocycles. The minimum Gasteiger partial charge on any atom is -0.362 e. The van der Waals surface area contributed by atoms with Crippen LogP contribution in [-0.2, 0) is 6.42 Å². The van der Waals surface area contributed by atoms with Crippen LogP contribution < -0.4 is 5.32 Å². The van der Waals surface area contributed by atoms with Crippen LogP contribution >= 0.6 is 0 Å². The molecule has 0 spiro atoms. The van der Waals surface area contributed by atoms with Crippen molar-refractivity contribution >= 4 is 5.69 Å². The Hall–Kier alpha value is -1.24. The summed E-state index contributed by atoms with van der Waals surface area (Å²) in [6.45, 7) is 0. The van der Waals surface area contributed by atoms with Crippen LogP contribution in [-0.4, -0.2) is 0 Å². The first-order valence-electron chi connectivity index (χ1n) is 3.46. The van der Waals surface area contributed by atoms with Gasteiger partial charge in [0.2, 0.25) is 0 Å². The molecule has 0 saturated carbocycles. The van der Waals surface area contributed by atoms with Gasteiger partial charge in [-0.3, -0.25) is 0 Å². The van der Waals surface area contributed by atoms with Crippen LogP contribution in [0.1, 0.15) is 5.56 Å². The van der Waals surface area contributed by atoms with E-state index in [0.717, 1.165) is 6.42 Å². The highest BCUT2D eigenvalue weighted by molar-refractivity contribution is 5.55. The summed E-state index contributed by atoms with van der Waals surface area (Å²) in [5.41, 5.74) is 2.62. The van der Waals surface area contributed by atoms with E-state index in [2.05, 4.69) is 29.6 Å². The van der Waals surface area contributed by atoms with Crippen LogP contribution in [0.5, 0.6) is 0 Å². The smallest absolute Gasteiger partial charge is 0.0415 e. The van der Waals surface area contributed by atoms with Gasteiger partial charge in [0.15, 0.2) is 0 Å². The summed E-state index contributed by atoms with van der Waals surface area (Å²) in [6, 6.07) is 8.36. The summed E-state index contributed by atoms with van der Waals surface area (Å²) in [6.07, 6.45) is 5.17. The van der Waals surface area contributed by atoms with Gasteiger partial charge in [0.05, 0.1) is 0 Å². The van der Waals surface area contributed by atoms with Crippen LogP contribution in [0.2, 0.25) is 0 Å². The zero-order valence-corrected chi connectivity index (χ0v) is 5.67. The van der Waals surface area contributed by atoms with Gasteiger partial charge in [-0.2, -0.15) is 0 Å². The average Bonchev–Trinajstić information content (AvgIpc) is 2.05. The molecule has 1 nitrogen and oxygen atoms in total. The van der Waals surface area contributed by atoms with Crippen molar-refractivity contribution in [2.45, 2.75) is 6.42 Å². The Morgan fingerprint density at radius 2 is 2.10 bits per heavy atom. The Morgan fingerprint density at radius 3 is 3.00 bits per heavy atom. The summed E-state index contributed by atoms with van der Waals surface area (Å²) < 4.78 is 0. The fourth-order valence-electron chi connectivity index (χ4n) is 1.17. The zero-order valence-electron chi connectivity index (χ0n) is 5.67. The number of rotatable bonds is 0. The predicted molar refractivity (Wildman–Crippen MR) is 42.9 cm³/mol. The molecule has 0 bridgehead atoms. The van der Waals surface area contributed by atoms with E-state index in [0.29, 0.717) is 0 Å². The standard InChI is InChI=1S/C9H9N/c1-2-6-9-8(4-1)5-3-7-10-9/h1-4,6-7,10H,5H2. The lowest BCUT2D eigenvalue weighted by molar-refractivity contribution is 1.22. The molecule has 0 aliphatic carbocycles. The molecule has 2 rings (SSSR count). The highest BCUT2D eigenvalue weighted by atomic mass is 14.8. The molecule has 0 radical (unpaired) electrons. The fourth-order valence-corrected chi connectivity index (χ4v) is 1.17. The molecule has 1 N–H and O–H groups in total. The molecule has 50 valence electrons. The van der Waals surface area contributed by atoms with Crippen molar-refractivity contribution in [3.63, 3.8) is 0 Å². The lowest BCUT2D eigenvalue weighted by Gasteiger charge is -2.10. The molecule has 0 unspecified atom stereocenters. The van der Waals surface area contributed by atoms with E-state index in [1.54, 1.807) is 0 Å². The van der Waals surface area contributed by atoms with Crippen molar-refractivity contribution in [3.8, 4) is 0 Å². The second kappa shape index (κ2) is 2.18. The van der Waals surface area contributed by atoms with E-state index >= 15 is 0 Å². The van der Waals surface area contributed by atoms with Crippen molar-refractivity contribution in [2.75, 3.05) is 5.32 Å². The topological polar surface area (TPSA) is 12.0 Å². The van der Waals surface area contributed by atoms with Crippen LogP contribution in [0.15, 0.2) is 36.5 Å². The van der Waals surface area contributed by atoms with Crippen molar-refractivity contribution in [2.24, 2.45) is 0 Å². The van der Waals surface area contributed by atoms with E-state index in [1.165, 1.54) is 11.3 Å². The average molecular weight is 131 g/mol. The Balaban J connectivity index is 2.47. The van der Waals surface area contributed by atoms with E-state index < -0.39 is 0 Å². The quantitative estimate of drug-likeness (QED) is 0.569. The predicted octanol–water partition coefficient (Wildman–Crippen LogP) is 2.17. The highest BCUT2D eigenvalue weighted by Gasteiger charge is 1.99. The van der Waals surface area contributed by atoms with E-state index in [1.807, 2.05) is 12.3 Å². The van der Waals surface area contributed by atoms with Gasteiger partial charge in [0.25, 0.3) is 0 Å². The SMILES string of the molecule is C1=CNc2ccccc2C1. The maximum Gasteiger partial charge on any atom is 0.0415 e. The van der Waals surface area contributed by atoms with Crippen molar-refractivity contribution in [3.05, 3.63) is 42.1 Å². The third kappa shape index (κ3) is 0.798. The molecule has 1 aliphatic rings. The Kier molecular flexibility index (Phi) is 1.21. The minimum atomic E-state index is 1.06. The van der Waals surface area contributed by atoms with E-state index in [-0.39, 0.29) is 0 Å². The normalized spacial score (nSPS) is 14.0. The number of hydrogen-bond acceptors (Lipinski definition) is 1. The summed E-state index contributed by atoms with van der Waals surface area (Å²) in [4.78, 5) is 0. The maximum absolute atomic E-state index is 3.18. The largest absolute Gasteiger partial charge is 0.362 e. The molecule has 10 heavy (non-hydrogen) atoms. The molecule has 1 aliphatic heterocycles. The van der Waals surface area contributed by atoms with Gasteiger partial charge in [0.1, 0.15) is 0 Å². The first-order valence-corrected chi connectivity index (χ1v) is 3.46. The molecular weight excluding hydrogens is 122 g/mol. The van der Waals surface area contributed by atoms with Gasteiger partial charge < -0.3 is 5.32 Å².